The Balaban J connectivity index is 1.51. The Hall–Kier alpha value is -2.43. The molecule has 0 radical (unpaired) electrons. The molecule has 1 atom stereocenters. The van der Waals surface area contributed by atoms with Gasteiger partial charge in [0.05, 0.1) is 17.8 Å². The fourth-order valence-corrected chi connectivity index (χ4v) is 2.93. The van der Waals surface area contributed by atoms with Gasteiger partial charge in [-0.3, -0.25) is 4.90 Å². The van der Waals surface area contributed by atoms with Crippen LogP contribution in [-0.2, 0) is 5.60 Å². The van der Waals surface area contributed by atoms with E-state index in [1.54, 1.807) is 28.9 Å². The molecule has 1 aliphatic heterocycles. The lowest BCUT2D eigenvalue weighted by Gasteiger charge is -2.21. The predicted molar refractivity (Wildman–Crippen MR) is 92.0 cm³/mol. The van der Waals surface area contributed by atoms with E-state index in [1.807, 2.05) is 20.0 Å². The van der Waals surface area contributed by atoms with Crippen molar-refractivity contribution in [3.05, 3.63) is 41.7 Å². The number of aromatic nitrogens is 3. The van der Waals surface area contributed by atoms with Crippen molar-refractivity contribution in [1.29, 1.82) is 5.26 Å². The molecule has 25 heavy (non-hydrogen) atoms. The van der Waals surface area contributed by atoms with Gasteiger partial charge in [-0.05, 0) is 44.5 Å². The minimum absolute atomic E-state index is 0.225. The molecule has 7 heteroatoms. The molecule has 1 N–H and O–H groups in total. The van der Waals surface area contributed by atoms with Crippen LogP contribution in [0.3, 0.4) is 0 Å². The van der Waals surface area contributed by atoms with E-state index in [2.05, 4.69) is 21.3 Å². The SMILES string of the molecule is CC(C)n1cc([C@]2(O)CCN(CCOc3ccc(C#N)cc3)C2)nn1. The Labute approximate surface area is 147 Å². The van der Waals surface area contributed by atoms with Crippen LogP contribution in [0.25, 0.3) is 0 Å². The smallest absolute Gasteiger partial charge is 0.124 e. The van der Waals surface area contributed by atoms with Crippen molar-refractivity contribution in [3.8, 4) is 11.8 Å². The van der Waals surface area contributed by atoms with E-state index in [0.717, 1.165) is 18.8 Å². The van der Waals surface area contributed by atoms with Crippen LogP contribution in [-0.4, -0.2) is 51.2 Å². The van der Waals surface area contributed by atoms with E-state index in [1.165, 1.54) is 0 Å². The van der Waals surface area contributed by atoms with Crippen LogP contribution in [0, 0.1) is 11.3 Å². The number of benzene rings is 1. The second-order valence-corrected chi connectivity index (χ2v) is 6.72. The zero-order valence-electron chi connectivity index (χ0n) is 14.6. The Morgan fingerprint density at radius 3 is 2.76 bits per heavy atom. The standard InChI is InChI=1S/C18H23N5O2/c1-14(2)23-12-17(20-21-23)18(24)7-8-22(13-18)9-10-25-16-5-3-15(11-19)4-6-16/h3-6,12,14,24H,7-10,13H2,1-2H3/t18-/m0/s1. The van der Waals surface area contributed by atoms with Gasteiger partial charge >= 0.3 is 0 Å². The quantitative estimate of drug-likeness (QED) is 0.860. The van der Waals surface area contributed by atoms with Gasteiger partial charge in [-0.1, -0.05) is 5.21 Å². The Kier molecular flexibility index (Phi) is 5.02. The number of hydrogen-bond acceptors (Lipinski definition) is 6. The summed E-state index contributed by atoms with van der Waals surface area (Å²) in [6.45, 7) is 6.64. The highest BCUT2D eigenvalue weighted by molar-refractivity contribution is 5.34. The molecule has 1 aliphatic rings. The lowest BCUT2D eigenvalue weighted by Crippen LogP contribution is -2.33. The summed E-state index contributed by atoms with van der Waals surface area (Å²) >= 11 is 0. The monoisotopic (exact) mass is 341 g/mol. The lowest BCUT2D eigenvalue weighted by atomic mass is 10.00. The number of β-amino-alcohol motifs (C(OH)–C–C–N with tert-alkyl or cyclic N) is 1. The summed E-state index contributed by atoms with van der Waals surface area (Å²) in [5.41, 5.74) is 0.310. The van der Waals surface area contributed by atoms with E-state index < -0.39 is 5.60 Å². The third kappa shape index (κ3) is 3.98. The van der Waals surface area contributed by atoms with Crippen molar-refractivity contribution < 1.29 is 9.84 Å². The van der Waals surface area contributed by atoms with Crippen LogP contribution < -0.4 is 4.74 Å². The van der Waals surface area contributed by atoms with Crippen molar-refractivity contribution in [1.82, 2.24) is 19.9 Å². The summed E-state index contributed by atoms with van der Waals surface area (Å²) in [4.78, 5) is 2.16. The van der Waals surface area contributed by atoms with Gasteiger partial charge in [0.15, 0.2) is 0 Å². The van der Waals surface area contributed by atoms with Crippen molar-refractivity contribution in [2.24, 2.45) is 0 Å². The molecule has 0 unspecified atom stereocenters. The number of aliphatic hydroxyl groups is 1. The first-order chi connectivity index (χ1) is 12.0. The molecular weight excluding hydrogens is 318 g/mol. The first kappa shape index (κ1) is 17.4. The van der Waals surface area contributed by atoms with Gasteiger partial charge < -0.3 is 9.84 Å². The largest absolute Gasteiger partial charge is 0.492 e. The highest BCUT2D eigenvalue weighted by Gasteiger charge is 2.40. The maximum absolute atomic E-state index is 10.9. The summed E-state index contributed by atoms with van der Waals surface area (Å²) in [5.74, 6) is 0.744. The number of rotatable bonds is 6. The van der Waals surface area contributed by atoms with Gasteiger partial charge in [0.25, 0.3) is 0 Å². The maximum atomic E-state index is 10.9. The first-order valence-electron chi connectivity index (χ1n) is 8.50. The fourth-order valence-electron chi connectivity index (χ4n) is 2.93. The maximum Gasteiger partial charge on any atom is 0.124 e. The molecule has 3 rings (SSSR count). The Morgan fingerprint density at radius 1 is 1.36 bits per heavy atom. The fraction of sp³-hybridized carbons (Fsp3) is 0.500. The van der Waals surface area contributed by atoms with E-state index in [4.69, 9.17) is 10.00 Å². The number of hydrogen-bond donors (Lipinski definition) is 1. The molecule has 0 spiro atoms. The van der Waals surface area contributed by atoms with E-state index in [-0.39, 0.29) is 6.04 Å². The van der Waals surface area contributed by atoms with Crippen LogP contribution >= 0.6 is 0 Å². The number of nitrogens with zero attached hydrogens (tertiary/aromatic N) is 5. The normalized spacial score (nSPS) is 20.8. The number of nitriles is 1. The zero-order chi connectivity index (χ0) is 17.9. The molecule has 0 aliphatic carbocycles. The van der Waals surface area contributed by atoms with Gasteiger partial charge in [0, 0.05) is 25.7 Å². The zero-order valence-corrected chi connectivity index (χ0v) is 14.6. The predicted octanol–water partition coefficient (Wildman–Crippen LogP) is 1.70. The van der Waals surface area contributed by atoms with E-state index in [0.29, 0.717) is 30.8 Å². The topological polar surface area (TPSA) is 87.2 Å². The van der Waals surface area contributed by atoms with Gasteiger partial charge in [0.2, 0.25) is 0 Å². The molecule has 0 bridgehead atoms. The summed E-state index contributed by atoms with van der Waals surface area (Å²) < 4.78 is 7.48. The first-order valence-corrected chi connectivity index (χ1v) is 8.50. The second kappa shape index (κ2) is 7.21. The second-order valence-electron chi connectivity index (χ2n) is 6.72. The van der Waals surface area contributed by atoms with Crippen molar-refractivity contribution in [2.45, 2.75) is 31.9 Å². The number of likely N-dealkylation sites (tertiary alicyclic amines) is 1. The van der Waals surface area contributed by atoms with Gasteiger partial charge in [-0.15, -0.1) is 5.10 Å². The average molecular weight is 341 g/mol. The molecule has 0 amide bonds. The summed E-state index contributed by atoms with van der Waals surface area (Å²) in [6.07, 6.45) is 2.47. The van der Waals surface area contributed by atoms with Gasteiger partial charge in [-0.2, -0.15) is 5.26 Å². The Morgan fingerprint density at radius 2 is 2.12 bits per heavy atom. The van der Waals surface area contributed by atoms with Crippen molar-refractivity contribution in [2.75, 3.05) is 26.2 Å². The lowest BCUT2D eigenvalue weighted by molar-refractivity contribution is 0.0403. The molecule has 2 heterocycles. The molecule has 1 aromatic carbocycles. The molecular formula is C18H23N5O2. The molecule has 2 aromatic rings. The summed E-state index contributed by atoms with van der Waals surface area (Å²) in [5, 5.41) is 27.9. The number of ether oxygens (including phenoxy) is 1. The van der Waals surface area contributed by atoms with Crippen LogP contribution in [0.4, 0.5) is 0 Å². The highest BCUT2D eigenvalue weighted by atomic mass is 16.5. The third-order valence-corrected chi connectivity index (χ3v) is 4.50. The Bertz CT molecular complexity index is 750. The minimum atomic E-state index is -0.943. The minimum Gasteiger partial charge on any atom is -0.492 e. The van der Waals surface area contributed by atoms with Gasteiger partial charge in [-0.25, -0.2) is 4.68 Å². The van der Waals surface area contributed by atoms with Gasteiger partial charge in [0.1, 0.15) is 23.7 Å². The summed E-state index contributed by atoms with van der Waals surface area (Å²) in [6, 6.07) is 9.37. The molecule has 1 fully saturated rings. The summed E-state index contributed by atoms with van der Waals surface area (Å²) in [7, 11) is 0. The van der Waals surface area contributed by atoms with Crippen LogP contribution in [0.15, 0.2) is 30.5 Å². The van der Waals surface area contributed by atoms with Crippen molar-refractivity contribution in [3.63, 3.8) is 0 Å². The highest BCUT2D eigenvalue weighted by Crippen LogP contribution is 2.30. The van der Waals surface area contributed by atoms with Crippen LogP contribution in [0.1, 0.15) is 37.6 Å². The molecule has 0 saturated carbocycles. The molecule has 1 aromatic heterocycles. The van der Waals surface area contributed by atoms with E-state index >= 15 is 0 Å². The van der Waals surface area contributed by atoms with Crippen LogP contribution in [0.2, 0.25) is 0 Å². The molecule has 1 saturated heterocycles. The van der Waals surface area contributed by atoms with Crippen molar-refractivity contribution >= 4 is 0 Å². The third-order valence-electron chi connectivity index (χ3n) is 4.50. The van der Waals surface area contributed by atoms with Crippen LogP contribution in [0.5, 0.6) is 5.75 Å². The average Bonchev–Trinajstić information content (AvgIpc) is 3.24. The van der Waals surface area contributed by atoms with E-state index in [9.17, 15) is 5.11 Å². The molecule has 132 valence electrons. The molecule has 7 nitrogen and oxygen atoms in total.